The zero-order valence-corrected chi connectivity index (χ0v) is 16.2. The van der Waals surface area contributed by atoms with Gasteiger partial charge in [0.05, 0.1) is 0 Å². The van der Waals surface area contributed by atoms with Crippen molar-refractivity contribution < 1.29 is 9.53 Å². The number of amides is 1. The highest BCUT2D eigenvalue weighted by molar-refractivity contribution is 5.68. The fourth-order valence-electron chi connectivity index (χ4n) is 3.86. The number of carbonyl (C=O) groups is 1. The molecule has 2 aromatic rings. The number of hydrogen-bond acceptors (Lipinski definition) is 2. The van der Waals surface area contributed by atoms with Gasteiger partial charge in [-0.15, -0.1) is 0 Å². The van der Waals surface area contributed by atoms with Crippen molar-refractivity contribution in [3.63, 3.8) is 0 Å². The maximum Gasteiger partial charge on any atom is 0.410 e. The Morgan fingerprint density at radius 1 is 1.00 bits per heavy atom. The first kappa shape index (κ1) is 18.5. The molecule has 3 rings (SSSR count). The first-order valence-corrected chi connectivity index (χ1v) is 9.40. The fourth-order valence-corrected chi connectivity index (χ4v) is 3.86. The summed E-state index contributed by atoms with van der Waals surface area (Å²) < 4.78 is 5.51. The van der Waals surface area contributed by atoms with Gasteiger partial charge in [-0.3, -0.25) is 0 Å². The zero-order chi connectivity index (χ0) is 18.7. The number of fused-ring (bicyclic) bond motifs is 1. The van der Waals surface area contributed by atoms with Gasteiger partial charge in [0.2, 0.25) is 0 Å². The van der Waals surface area contributed by atoms with E-state index in [1.54, 1.807) is 4.90 Å². The van der Waals surface area contributed by atoms with Gasteiger partial charge in [-0.05, 0) is 56.2 Å². The van der Waals surface area contributed by atoms with Crippen molar-refractivity contribution in [2.24, 2.45) is 0 Å². The van der Waals surface area contributed by atoms with Crippen LogP contribution in [-0.2, 0) is 11.2 Å². The molecule has 0 spiro atoms. The minimum atomic E-state index is -0.464. The van der Waals surface area contributed by atoms with E-state index in [-0.39, 0.29) is 6.09 Å². The lowest BCUT2D eigenvalue weighted by atomic mass is 9.93. The molecule has 2 atom stereocenters. The molecular weight excluding hydrogens is 322 g/mol. The van der Waals surface area contributed by atoms with Crippen LogP contribution in [0.4, 0.5) is 4.79 Å². The Hall–Kier alpha value is -2.29. The van der Waals surface area contributed by atoms with Gasteiger partial charge in [-0.2, -0.15) is 0 Å². The second-order valence-corrected chi connectivity index (χ2v) is 8.31. The minimum absolute atomic E-state index is 0.249. The van der Waals surface area contributed by atoms with Gasteiger partial charge >= 0.3 is 6.09 Å². The molecule has 1 aliphatic carbocycles. The van der Waals surface area contributed by atoms with Crippen molar-refractivity contribution in [1.82, 2.24) is 4.90 Å². The lowest BCUT2D eigenvalue weighted by Gasteiger charge is -2.26. The van der Waals surface area contributed by atoms with Crippen LogP contribution in [0.2, 0.25) is 0 Å². The van der Waals surface area contributed by atoms with Crippen molar-refractivity contribution in [1.29, 1.82) is 0 Å². The van der Waals surface area contributed by atoms with Crippen molar-refractivity contribution in [2.75, 3.05) is 13.6 Å². The average molecular weight is 351 g/mol. The normalized spacial score (nSPS) is 19.1. The highest BCUT2D eigenvalue weighted by atomic mass is 16.6. The van der Waals surface area contributed by atoms with Crippen molar-refractivity contribution >= 4 is 6.09 Å². The van der Waals surface area contributed by atoms with Gasteiger partial charge in [-0.25, -0.2) is 4.79 Å². The van der Waals surface area contributed by atoms with Crippen molar-refractivity contribution in [3.05, 3.63) is 71.3 Å². The van der Waals surface area contributed by atoms with Crippen LogP contribution in [0, 0.1) is 0 Å². The van der Waals surface area contributed by atoms with Gasteiger partial charge in [-0.1, -0.05) is 54.6 Å². The monoisotopic (exact) mass is 351 g/mol. The summed E-state index contributed by atoms with van der Waals surface area (Å²) in [6.45, 7) is 6.40. The van der Waals surface area contributed by atoms with Gasteiger partial charge in [0, 0.05) is 19.5 Å². The van der Waals surface area contributed by atoms with Crippen LogP contribution in [0.15, 0.2) is 54.6 Å². The van der Waals surface area contributed by atoms with Crippen LogP contribution in [0.1, 0.15) is 55.7 Å². The third-order valence-corrected chi connectivity index (χ3v) is 4.97. The molecule has 1 aliphatic rings. The zero-order valence-electron chi connectivity index (χ0n) is 16.2. The number of rotatable bonds is 4. The van der Waals surface area contributed by atoms with E-state index in [0.29, 0.717) is 18.4 Å². The summed E-state index contributed by atoms with van der Waals surface area (Å²) in [6, 6.07) is 19.3. The number of likely N-dealkylation sites (N-methyl/N-ethyl adjacent to an activating group) is 1. The maximum atomic E-state index is 12.3. The molecule has 138 valence electrons. The SMILES string of the molecule is CN(CC1CC(Cc2ccccc2)c2ccccc21)C(=O)OC(C)(C)C. The smallest absolute Gasteiger partial charge is 0.410 e. The molecule has 3 nitrogen and oxygen atoms in total. The Morgan fingerprint density at radius 2 is 1.58 bits per heavy atom. The molecule has 0 fully saturated rings. The van der Waals surface area contributed by atoms with E-state index in [9.17, 15) is 4.79 Å². The summed E-state index contributed by atoms with van der Waals surface area (Å²) in [5.74, 6) is 0.864. The topological polar surface area (TPSA) is 29.5 Å². The molecule has 0 aliphatic heterocycles. The summed E-state index contributed by atoms with van der Waals surface area (Å²) in [6.07, 6.45) is 1.87. The van der Waals surface area contributed by atoms with Gasteiger partial charge in [0.1, 0.15) is 5.60 Å². The molecule has 0 saturated carbocycles. The Labute approximate surface area is 157 Å². The first-order chi connectivity index (χ1) is 12.3. The highest BCUT2D eigenvalue weighted by Gasteiger charge is 2.32. The number of hydrogen-bond donors (Lipinski definition) is 0. The molecule has 0 radical (unpaired) electrons. The van der Waals surface area contributed by atoms with Crippen LogP contribution in [0.25, 0.3) is 0 Å². The van der Waals surface area contributed by atoms with E-state index in [1.165, 1.54) is 16.7 Å². The molecule has 0 N–H and O–H groups in total. The lowest BCUT2D eigenvalue weighted by molar-refractivity contribution is 0.0288. The molecular formula is C23H29NO2. The largest absolute Gasteiger partial charge is 0.444 e. The Balaban J connectivity index is 1.72. The van der Waals surface area contributed by atoms with E-state index >= 15 is 0 Å². The number of benzene rings is 2. The number of ether oxygens (including phenoxy) is 1. The standard InChI is InChI=1S/C23H29NO2/c1-23(2,3)26-22(25)24(4)16-19-15-18(14-17-10-6-5-7-11-17)20-12-8-9-13-21(19)20/h5-13,18-19H,14-16H2,1-4H3. The molecule has 0 saturated heterocycles. The summed E-state index contributed by atoms with van der Waals surface area (Å²) in [5.41, 5.74) is 3.71. The fraction of sp³-hybridized carbons (Fsp3) is 0.435. The van der Waals surface area contributed by atoms with E-state index in [4.69, 9.17) is 4.74 Å². The molecule has 0 heterocycles. The predicted molar refractivity (Wildman–Crippen MR) is 106 cm³/mol. The molecule has 0 aromatic heterocycles. The van der Waals surface area contributed by atoms with E-state index in [1.807, 2.05) is 27.8 Å². The summed E-state index contributed by atoms with van der Waals surface area (Å²) in [5, 5.41) is 0. The Kier molecular flexibility index (Phi) is 5.36. The highest BCUT2D eigenvalue weighted by Crippen LogP contribution is 2.43. The Bertz CT molecular complexity index is 748. The summed E-state index contributed by atoms with van der Waals surface area (Å²) >= 11 is 0. The number of carbonyl (C=O) groups excluding carboxylic acids is 1. The number of nitrogens with zero attached hydrogens (tertiary/aromatic N) is 1. The molecule has 0 bridgehead atoms. The summed E-state index contributed by atoms with van der Waals surface area (Å²) in [4.78, 5) is 14.1. The van der Waals surface area contributed by atoms with E-state index < -0.39 is 5.60 Å². The Morgan fingerprint density at radius 3 is 2.19 bits per heavy atom. The third-order valence-electron chi connectivity index (χ3n) is 4.97. The van der Waals surface area contributed by atoms with Crippen LogP contribution in [0.5, 0.6) is 0 Å². The third kappa shape index (κ3) is 4.46. The van der Waals surface area contributed by atoms with Crippen LogP contribution >= 0.6 is 0 Å². The van der Waals surface area contributed by atoms with Crippen LogP contribution in [-0.4, -0.2) is 30.2 Å². The lowest BCUT2D eigenvalue weighted by Crippen LogP contribution is -2.36. The quantitative estimate of drug-likeness (QED) is 0.741. The van der Waals surface area contributed by atoms with E-state index in [0.717, 1.165) is 12.8 Å². The minimum Gasteiger partial charge on any atom is -0.444 e. The predicted octanol–water partition coefficient (Wildman–Crippen LogP) is 5.37. The second kappa shape index (κ2) is 7.53. The second-order valence-electron chi connectivity index (χ2n) is 8.31. The first-order valence-electron chi connectivity index (χ1n) is 9.40. The van der Waals surface area contributed by atoms with Crippen molar-refractivity contribution in [3.8, 4) is 0 Å². The average Bonchev–Trinajstić information content (AvgIpc) is 2.92. The van der Waals surface area contributed by atoms with Crippen LogP contribution < -0.4 is 0 Å². The van der Waals surface area contributed by atoms with Crippen molar-refractivity contribution in [2.45, 2.75) is 51.0 Å². The summed E-state index contributed by atoms with van der Waals surface area (Å²) in [7, 11) is 1.83. The molecule has 2 aromatic carbocycles. The molecule has 3 heteroatoms. The van der Waals surface area contributed by atoms with Gasteiger partial charge < -0.3 is 9.64 Å². The van der Waals surface area contributed by atoms with E-state index in [2.05, 4.69) is 54.6 Å². The molecule has 26 heavy (non-hydrogen) atoms. The van der Waals surface area contributed by atoms with Gasteiger partial charge in [0.15, 0.2) is 0 Å². The maximum absolute atomic E-state index is 12.3. The van der Waals surface area contributed by atoms with Gasteiger partial charge in [0.25, 0.3) is 0 Å². The van der Waals surface area contributed by atoms with Crippen LogP contribution in [0.3, 0.4) is 0 Å². The molecule has 2 unspecified atom stereocenters. The molecule has 1 amide bonds.